The molecule has 0 aliphatic carbocycles. The molecule has 0 spiro atoms. The van der Waals surface area contributed by atoms with E-state index in [0.717, 1.165) is 31.7 Å². The molecule has 2 aromatic carbocycles. The summed E-state index contributed by atoms with van der Waals surface area (Å²) in [7, 11) is 0. The van der Waals surface area contributed by atoms with Gasteiger partial charge in [-0.05, 0) is 24.6 Å². The molecule has 0 N–H and O–H groups in total. The van der Waals surface area contributed by atoms with E-state index >= 15 is 0 Å². The second-order valence-electron chi connectivity index (χ2n) is 5.89. The largest absolute Gasteiger partial charge is 0.369 e. The van der Waals surface area contributed by atoms with Crippen LogP contribution in [-0.4, -0.2) is 36.0 Å². The van der Waals surface area contributed by atoms with E-state index in [0.29, 0.717) is 0 Å². The fraction of sp³-hybridized carbons (Fsp3) is 0.333. The Bertz CT molecular complexity index is 667. The Balaban J connectivity index is 1.65. The van der Waals surface area contributed by atoms with Crippen molar-refractivity contribution in [3.05, 3.63) is 70.3 Å². The zero-order valence-corrected chi connectivity index (χ0v) is 13.3. The van der Waals surface area contributed by atoms with Crippen molar-refractivity contribution in [2.24, 2.45) is 0 Å². The maximum absolute atomic E-state index is 10.9. The van der Waals surface area contributed by atoms with Crippen molar-refractivity contribution in [3.63, 3.8) is 0 Å². The Kier molecular flexibility index (Phi) is 4.57. The normalized spacial score (nSPS) is 17.0. The third-order valence-corrected chi connectivity index (χ3v) is 4.55. The van der Waals surface area contributed by atoms with Gasteiger partial charge in [0.1, 0.15) is 0 Å². The highest BCUT2D eigenvalue weighted by molar-refractivity contribution is 5.46. The number of benzene rings is 2. The second kappa shape index (κ2) is 6.79. The Hall–Kier alpha value is -2.40. The molecule has 5 heteroatoms. The first-order valence-corrected chi connectivity index (χ1v) is 7.93. The molecule has 0 amide bonds. The topological polar surface area (TPSA) is 49.6 Å². The van der Waals surface area contributed by atoms with E-state index in [4.69, 9.17) is 0 Å². The number of hydrogen-bond acceptors (Lipinski definition) is 4. The molecular formula is C18H21N3O2. The molecule has 1 heterocycles. The van der Waals surface area contributed by atoms with E-state index in [-0.39, 0.29) is 16.7 Å². The first-order valence-electron chi connectivity index (χ1n) is 7.93. The van der Waals surface area contributed by atoms with Crippen LogP contribution >= 0.6 is 0 Å². The van der Waals surface area contributed by atoms with Crippen LogP contribution in [-0.2, 0) is 0 Å². The summed E-state index contributed by atoms with van der Waals surface area (Å²) in [6.45, 7) is 5.99. The van der Waals surface area contributed by atoms with E-state index in [1.165, 1.54) is 5.69 Å². The highest BCUT2D eigenvalue weighted by Crippen LogP contribution is 2.26. The lowest BCUT2D eigenvalue weighted by molar-refractivity contribution is -0.384. The first-order chi connectivity index (χ1) is 11.1. The van der Waals surface area contributed by atoms with Gasteiger partial charge < -0.3 is 4.90 Å². The third-order valence-electron chi connectivity index (χ3n) is 4.55. The lowest BCUT2D eigenvalue weighted by atomic mass is 10.1. The maximum Gasteiger partial charge on any atom is 0.269 e. The first kappa shape index (κ1) is 15.5. The summed E-state index contributed by atoms with van der Waals surface area (Å²) in [6, 6.07) is 17.6. The number of rotatable bonds is 4. The summed E-state index contributed by atoms with van der Waals surface area (Å²) in [5.74, 6) is 0. The van der Waals surface area contributed by atoms with Crippen molar-refractivity contribution >= 4 is 11.4 Å². The summed E-state index contributed by atoms with van der Waals surface area (Å²) < 4.78 is 0. The van der Waals surface area contributed by atoms with Crippen molar-refractivity contribution < 1.29 is 4.92 Å². The molecule has 0 radical (unpaired) electrons. The van der Waals surface area contributed by atoms with Crippen molar-refractivity contribution in [2.45, 2.75) is 13.0 Å². The molecule has 1 unspecified atom stereocenters. The van der Waals surface area contributed by atoms with Gasteiger partial charge in [0.05, 0.1) is 4.92 Å². The van der Waals surface area contributed by atoms with Crippen molar-refractivity contribution in [3.8, 4) is 0 Å². The standard InChI is InChI=1S/C18H21N3O2/c1-15(16-6-5-9-18(14-16)21(22)23)19-10-12-20(13-11-19)17-7-3-2-4-8-17/h2-9,14-15H,10-13H2,1H3. The average molecular weight is 311 g/mol. The number of nitro benzene ring substituents is 1. The fourth-order valence-electron chi connectivity index (χ4n) is 3.12. The molecule has 1 fully saturated rings. The van der Waals surface area contributed by atoms with E-state index in [2.05, 4.69) is 41.0 Å². The molecule has 120 valence electrons. The molecule has 2 aromatic rings. The molecule has 23 heavy (non-hydrogen) atoms. The van der Waals surface area contributed by atoms with Gasteiger partial charge in [-0.25, -0.2) is 0 Å². The Morgan fingerprint density at radius 1 is 1.00 bits per heavy atom. The van der Waals surface area contributed by atoms with Crippen LogP contribution in [0.4, 0.5) is 11.4 Å². The number of anilines is 1. The summed E-state index contributed by atoms with van der Waals surface area (Å²) in [4.78, 5) is 15.4. The van der Waals surface area contributed by atoms with E-state index in [1.807, 2.05) is 12.1 Å². The Morgan fingerprint density at radius 3 is 2.35 bits per heavy atom. The molecule has 0 aromatic heterocycles. The third kappa shape index (κ3) is 3.51. The average Bonchev–Trinajstić information content (AvgIpc) is 2.62. The van der Waals surface area contributed by atoms with Crippen molar-refractivity contribution in [1.82, 2.24) is 4.90 Å². The predicted octanol–water partition coefficient (Wildman–Crippen LogP) is 3.48. The van der Waals surface area contributed by atoms with Gasteiger partial charge in [0.15, 0.2) is 0 Å². The minimum absolute atomic E-state index is 0.164. The minimum Gasteiger partial charge on any atom is -0.369 e. The molecule has 1 atom stereocenters. The van der Waals surface area contributed by atoms with Crippen LogP contribution in [0.2, 0.25) is 0 Å². The summed E-state index contributed by atoms with van der Waals surface area (Å²) in [5, 5.41) is 10.9. The number of para-hydroxylation sites is 1. The number of hydrogen-bond donors (Lipinski definition) is 0. The van der Waals surface area contributed by atoms with Crippen LogP contribution in [0.25, 0.3) is 0 Å². The molecule has 5 nitrogen and oxygen atoms in total. The molecule has 0 bridgehead atoms. The summed E-state index contributed by atoms with van der Waals surface area (Å²) >= 11 is 0. The number of nitro groups is 1. The van der Waals surface area contributed by atoms with Gasteiger partial charge in [-0.15, -0.1) is 0 Å². The lowest BCUT2D eigenvalue weighted by Gasteiger charge is -2.39. The van der Waals surface area contributed by atoms with Gasteiger partial charge in [-0.3, -0.25) is 15.0 Å². The van der Waals surface area contributed by atoms with Gasteiger partial charge in [0, 0.05) is 50.0 Å². The van der Waals surface area contributed by atoms with Gasteiger partial charge in [0.25, 0.3) is 5.69 Å². The van der Waals surface area contributed by atoms with Gasteiger partial charge >= 0.3 is 0 Å². The Morgan fingerprint density at radius 2 is 1.70 bits per heavy atom. The molecule has 1 saturated heterocycles. The Labute approximate surface area is 136 Å². The van der Waals surface area contributed by atoms with Crippen LogP contribution in [0.3, 0.4) is 0 Å². The summed E-state index contributed by atoms with van der Waals surface area (Å²) in [5.41, 5.74) is 2.43. The lowest BCUT2D eigenvalue weighted by Crippen LogP contribution is -2.47. The minimum atomic E-state index is -0.330. The van der Waals surface area contributed by atoms with Crippen molar-refractivity contribution in [1.29, 1.82) is 0 Å². The van der Waals surface area contributed by atoms with Crippen molar-refractivity contribution in [2.75, 3.05) is 31.1 Å². The maximum atomic E-state index is 10.9. The molecular weight excluding hydrogens is 290 g/mol. The smallest absolute Gasteiger partial charge is 0.269 e. The quantitative estimate of drug-likeness (QED) is 0.641. The molecule has 1 aliphatic rings. The van der Waals surface area contributed by atoms with Crippen LogP contribution in [0, 0.1) is 10.1 Å². The molecule has 3 rings (SSSR count). The number of non-ortho nitro benzene ring substituents is 1. The SMILES string of the molecule is CC(c1cccc([N+](=O)[O-])c1)N1CCN(c2ccccc2)CC1. The zero-order valence-electron chi connectivity index (χ0n) is 13.3. The number of piperazine rings is 1. The van der Waals surface area contributed by atoms with E-state index in [9.17, 15) is 10.1 Å². The van der Waals surface area contributed by atoms with Crippen LogP contribution in [0.5, 0.6) is 0 Å². The van der Waals surface area contributed by atoms with Gasteiger partial charge in [0.2, 0.25) is 0 Å². The van der Waals surface area contributed by atoms with E-state index in [1.54, 1.807) is 18.2 Å². The monoisotopic (exact) mass is 311 g/mol. The fourth-order valence-corrected chi connectivity index (χ4v) is 3.12. The highest BCUT2D eigenvalue weighted by atomic mass is 16.6. The van der Waals surface area contributed by atoms with Crippen LogP contribution in [0.15, 0.2) is 54.6 Å². The highest BCUT2D eigenvalue weighted by Gasteiger charge is 2.23. The summed E-state index contributed by atoms with van der Waals surface area (Å²) in [6.07, 6.45) is 0. The van der Waals surface area contributed by atoms with Gasteiger partial charge in [-0.1, -0.05) is 30.3 Å². The molecule has 0 saturated carbocycles. The van der Waals surface area contributed by atoms with Gasteiger partial charge in [-0.2, -0.15) is 0 Å². The van der Waals surface area contributed by atoms with E-state index < -0.39 is 0 Å². The number of nitrogens with zero attached hydrogens (tertiary/aromatic N) is 3. The predicted molar refractivity (Wildman–Crippen MR) is 91.7 cm³/mol. The molecule has 1 aliphatic heterocycles. The van der Waals surface area contributed by atoms with Crippen LogP contribution in [0.1, 0.15) is 18.5 Å². The van der Waals surface area contributed by atoms with Crippen LogP contribution < -0.4 is 4.90 Å². The zero-order chi connectivity index (χ0) is 16.2. The second-order valence-corrected chi connectivity index (χ2v) is 5.89.